The molecule has 7 nitrogen and oxygen atoms in total. The number of hydrogen-bond acceptors (Lipinski definition) is 6. The van der Waals surface area contributed by atoms with E-state index < -0.39 is 24.8 Å². The first-order valence-electron chi connectivity index (χ1n) is 12.0. The summed E-state index contributed by atoms with van der Waals surface area (Å²) in [6, 6.07) is 16.6. The minimum atomic E-state index is -1.18. The second-order valence-corrected chi connectivity index (χ2v) is 9.51. The predicted molar refractivity (Wildman–Crippen MR) is 139 cm³/mol. The second-order valence-electron chi connectivity index (χ2n) is 8.66. The number of hydrogen-bond donors (Lipinski definition) is 1. The monoisotopic (exact) mass is 583 g/mol. The van der Waals surface area contributed by atoms with Gasteiger partial charge in [-0.3, -0.25) is 9.18 Å². The Hall–Kier alpha value is -2.33. The maximum atomic E-state index is 12.9. The van der Waals surface area contributed by atoms with Crippen LogP contribution in [0.15, 0.2) is 60.7 Å². The van der Waals surface area contributed by atoms with E-state index in [0.29, 0.717) is 40.5 Å². The van der Waals surface area contributed by atoms with Gasteiger partial charge in [0.1, 0.15) is 23.5 Å². The number of carbonyl (C=O) groups excluding carboxylic acids is 2. The minimum absolute atomic E-state index is 0. The molecule has 39 heavy (non-hydrogen) atoms. The summed E-state index contributed by atoms with van der Waals surface area (Å²) in [6.45, 7) is -0.107. The molecule has 1 N–H and O–H groups in total. The fourth-order valence-corrected chi connectivity index (χ4v) is 4.35. The molecule has 1 heterocycles. The third-order valence-electron chi connectivity index (χ3n) is 5.96. The Morgan fingerprint density at radius 2 is 1.82 bits per heavy atom. The number of fused-ring (bicyclic) bond motifs is 1. The van der Waals surface area contributed by atoms with Gasteiger partial charge >= 0.3 is 29.6 Å². The molecule has 2 atom stereocenters. The Bertz CT molecular complexity index is 1280. The Balaban J connectivity index is 0.00000420. The van der Waals surface area contributed by atoms with Gasteiger partial charge in [-0.15, -0.1) is 0 Å². The van der Waals surface area contributed by atoms with E-state index >= 15 is 0 Å². The quantitative estimate of drug-likeness (QED) is 0.211. The van der Waals surface area contributed by atoms with Crippen LogP contribution < -0.4 is 49.5 Å². The Morgan fingerprint density at radius 3 is 2.49 bits per heavy atom. The SMILES string of the molecule is O=C(NC(Cc1ccc(Cl)cc1)OCCCF)c1ccc(Oc2cc3c(cc2Cl)C(C(=O)[O-])CCO3)cc1.[Na+]. The van der Waals surface area contributed by atoms with E-state index in [1.165, 1.54) is 6.07 Å². The number of nitrogens with one attached hydrogen (secondary N) is 1. The number of alkyl halides is 1. The van der Waals surface area contributed by atoms with Gasteiger partial charge in [0.15, 0.2) is 0 Å². The predicted octanol–water partition coefficient (Wildman–Crippen LogP) is 2.08. The van der Waals surface area contributed by atoms with Gasteiger partial charge in [0.05, 0.1) is 24.9 Å². The van der Waals surface area contributed by atoms with E-state index in [4.69, 9.17) is 37.4 Å². The minimum Gasteiger partial charge on any atom is -0.549 e. The van der Waals surface area contributed by atoms with E-state index in [1.54, 1.807) is 42.5 Å². The van der Waals surface area contributed by atoms with Crippen LogP contribution in [0.25, 0.3) is 0 Å². The number of ether oxygens (including phenoxy) is 3. The fourth-order valence-electron chi connectivity index (χ4n) is 4.01. The van der Waals surface area contributed by atoms with E-state index in [-0.39, 0.29) is 65.9 Å². The van der Waals surface area contributed by atoms with Crippen molar-refractivity contribution < 1.29 is 62.9 Å². The molecule has 0 saturated carbocycles. The van der Waals surface area contributed by atoms with E-state index in [2.05, 4.69) is 5.32 Å². The first-order valence-corrected chi connectivity index (χ1v) is 12.8. The first-order chi connectivity index (χ1) is 18.3. The Morgan fingerprint density at radius 1 is 1.10 bits per heavy atom. The van der Waals surface area contributed by atoms with Gasteiger partial charge in [0.2, 0.25) is 0 Å². The van der Waals surface area contributed by atoms with Crippen LogP contribution >= 0.6 is 23.2 Å². The van der Waals surface area contributed by atoms with E-state index in [1.807, 2.05) is 12.1 Å². The fraction of sp³-hybridized carbons (Fsp3) is 0.286. The summed E-state index contributed by atoms with van der Waals surface area (Å²) >= 11 is 12.3. The molecule has 3 aromatic rings. The molecule has 1 aliphatic rings. The molecule has 200 valence electrons. The molecule has 0 aliphatic carbocycles. The van der Waals surface area contributed by atoms with Crippen molar-refractivity contribution in [3.8, 4) is 17.2 Å². The maximum Gasteiger partial charge on any atom is 1.00 e. The number of benzene rings is 3. The zero-order valence-electron chi connectivity index (χ0n) is 21.3. The van der Waals surface area contributed by atoms with Crippen LogP contribution in [0.4, 0.5) is 4.39 Å². The van der Waals surface area contributed by atoms with Gasteiger partial charge in [-0.2, -0.15) is 0 Å². The number of halogens is 3. The summed E-state index contributed by atoms with van der Waals surface area (Å²) in [5.74, 6) is -1.29. The smallest absolute Gasteiger partial charge is 0.549 e. The van der Waals surface area contributed by atoms with Crippen molar-refractivity contribution in [3.05, 3.63) is 87.4 Å². The van der Waals surface area contributed by atoms with Crippen molar-refractivity contribution in [1.82, 2.24) is 5.32 Å². The molecule has 1 aliphatic heterocycles. The largest absolute Gasteiger partial charge is 1.00 e. The molecule has 0 radical (unpaired) electrons. The molecule has 11 heteroatoms. The molecule has 2 unspecified atom stereocenters. The molecular formula is C28H25Cl2FNNaO6. The number of carbonyl (C=O) groups is 2. The summed E-state index contributed by atoms with van der Waals surface area (Å²) in [6.07, 6.45) is 0.249. The average molecular weight is 584 g/mol. The number of rotatable bonds is 11. The second kappa shape index (κ2) is 14.9. The summed E-state index contributed by atoms with van der Waals surface area (Å²) in [5.41, 5.74) is 1.72. The van der Waals surface area contributed by atoms with Crippen molar-refractivity contribution in [1.29, 1.82) is 0 Å². The maximum absolute atomic E-state index is 12.9. The Kier molecular flexibility index (Phi) is 11.9. The van der Waals surface area contributed by atoms with Gasteiger partial charge in [0.25, 0.3) is 5.91 Å². The van der Waals surface area contributed by atoms with E-state index in [9.17, 15) is 19.1 Å². The van der Waals surface area contributed by atoms with Crippen LogP contribution in [0.3, 0.4) is 0 Å². The topological polar surface area (TPSA) is 96.9 Å². The molecular weight excluding hydrogens is 559 g/mol. The zero-order chi connectivity index (χ0) is 27.1. The summed E-state index contributed by atoms with van der Waals surface area (Å²) in [5, 5.41) is 15.1. The molecule has 1 amide bonds. The third kappa shape index (κ3) is 8.58. The zero-order valence-corrected chi connectivity index (χ0v) is 24.8. The van der Waals surface area contributed by atoms with Crippen LogP contribution in [-0.2, 0) is 16.0 Å². The van der Waals surface area contributed by atoms with Crippen LogP contribution in [0.5, 0.6) is 17.2 Å². The number of carboxylic acid groups (broad SMARTS) is 1. The molecule has 0 spiro atoms. The van der Waals surface area contributed by atoms with Crippen LogP contribution in [0.1, 0.15) is 40.2 Å². The van der Waals surface area contributed by atoms with Gasteiger partial charge < -0.3 is 29.4 Å². The first kappa shape index (κ1) is 31.2. The van der Waals surface area contributed by atoms with Crippen molar-refractivity contribution in [3.63, 3.8) is 0 Å². The van der Waals surface area contributed by atoms with Crippen LogP contribution in [0, 0.1) is 0 Å². The molecule has 0 bridgehead atoms. The van der Waals surface area contributed by atoms with E-state index in [0.717, 1.165) is 5.56 Å². The van der Waals surface area contributed by atoms with Gasteiger partial charge in [-0.1, -0.05) is 35.3 Å². The molecule has 0 fully saturated rings. The van der Waals surface area contributed by atoms with Gasteiger partial charge in [-0.25, -0.2) is 0 Å². The molecule has 0 saturated heterocycles. The van der Waals surface area contributed by atoms with Crippen LogP contribution in [0.2, 0.25) is 10.0 Å². The Labute approximate surface area is 257 Å². The number of aliphatic carboxylic acids is 1. The molecule has 4 rings (SSSR count). The van der Waals surface area contributed by atoms with Crippen molar-refractivity contribution >= 4 is 35.1 Å². The average Bonchev–Trinajstić information content (AvgIpc) is 2.90. The number of carboxylic acids is 1. The standard InChI is InChI=1S/C28H26Cl2FNO6.Na/c29-19-6-2-17(3-7-19)14-26(37-12-1-11-31)32-27(33)18-4-8-20(9-5-18)38-25-16-24-22(15-23(25)30)21(28(34)35)10-13-36-24;/h2-9,15-16,21,26H,1,10-14H2,(H,32,33)(H,34,35);/q;+1/p-1. The normalized spacial score (nSPS) is 14.8. The number of amides is 1. The van der Waals surface area contributed by atoms with Gasteiger partial charge in [0, 0.05) is 40.5 Å². The summed E-state index contributed by atoms with van der Waals surface area (Å²) in [7, 11) is 0. The molecule has 3 aromatic carbocycles. The van der Waals surface area contributed by atoms with Crippen molar-refractivity contribution in [2.45, 2.75) is 31.4 Å². The molecule has 0 aromatic heterocycles. The van der Waals surface area contributed by atoms with Crippen molar-refractivity contribution in [2.75, 3.05) is 19.9 Å². The summed E-state index contributed by atoms with van der Waals surface area (Å²) in [4.78, 5) is 24.3. The third-order valence-corrected chi connectivity index (χ3v) is 6.50. The van der Waals surface area contributed by atoms with Gasteiger partial charge in [-0.05, 0) is 60.9 Å². The van der Waals surface area contributed by atoms with Crippen LogP contribution in [-0.4, -0.2) is 38.0 Å². The van der Waals surface area contributed by atoms with Crippen molar-refractivity contribution in [2.24, 2.45) is 0 Å². The summed E-state index contributed by atoms with van der Waals surface area (Å²) < 4.78 is 29.7.